The van der Waals surface area contributed by atoms with Crippen LogP contribution in [0.15, 0.2) is 18.3 Å². The van der Waals surface area contributed by atoms with Crippen LogP contribution in [0.3, 0.4) is 0 Å². The Kier molecular flexibility index (Phi) is 4.57. The lowest BCUT2D eigenvalue weighted by atomic mass is 10.4. The van der Waals surface area contributed by atoms with Gasteiger partial charge in [0, 0.05) is 30.8 Å². The van der Waals surface area contributed by atoms with Crippen LogP contribution in [0.4, 0.5) is 13.2 Å². The van der Waals surface area contributed by atoms with Gasteiger partial charge in [-0.25, -0.2) is 9.97 Å². The van der Waals surface area contributed by atoms with E-state index in [1.807, 2.05) is 0 Å². The summed E-state index contributed by atoms with van der Waals surface area (Å²) < 4.78 is 38.1. The average molecular weight is 310 g/mol. The Morgan fingerprint density at radius 3 is 2.84 bits per heavy atom. The summed E-state index contributed by atoms with van der Waals surface area (Å²) in [4.78, 5) is 8.51. The molecule has 8 heteroatoms. The first-order valence-electron chi connectivity index (χ1n) is 5.58. The van der Waals surface area contributed by atoms with Crippen molar-refractivity contribution in [2.75, 3.05) is 11.6 Å². The molecule has 3 nitrogen and oxygen atoms in total. The quantitative estimate of drug-likeness (QED) is 0.792. The maximum Gasteiger partial charge on any atom is 0.441 e. The fourth-order valence-corrected chi connectivity index (χ4v) is 2.44. The molecule has 0 aliphatic heterocycles. The number of hydrogen-bond donors (Lipinski definition) is 0. The van der Waals surface area contributed by atoms with Gasteiger partial charge in [0.15, 0.2) is 5.65 Å². The number of rotatable bonds is 5. The van der Waals surface area contributed by atoms with Gasteiger partial charge in [0.2, 0.25) is 0 Å². The molecule has 0 bridgehead atoms. The summed E-state index contributed by atoms with van der Waals surface area (Å²) in [5.41, 5.74) is -2.93. The fourth-order valence-electron chi connectivity index (χ4n) is 1.77. The molecule has 0 N–H and O–H groups in total. The van der Waals surface area contributed by atoms with E-state index in [1.54, 1.807) is 22.9 Å². The second-order valence-corrected chi connectivity index (χ2v) is 5.30. The van der Waals surface area contributed by atoms with Gasteiger partial charge in [-0.2, -0.15) is 13.2 Å². The third-order valence-electron chi connectivity index (χ3n) is 2.48. The zero-order valence-corrected chi connectivity index (χ0v) is 11.4. The van der Waals surface area contributed by atoms with Crippen LogP contribution in [0.5, 0.6) is 0 Å². The predicted molar refractivity (Wildman–Crippen MR) is 70.5 cm³/mol. The molecule has 2 aromatic rings. The first kappa shape index (κ1) is 14.5. The minimum absolute atomic E-state index is 0.0422. The highest BCUT2D eigenvalue weighted by atomic mass is 35.5. The molecule has 0 aliphatic rings. The van der Waals surface area contributed by atoms with Crippen LogP contribution in [0, 0.1) is 0 Å². The lowest BCUT2D eigenvalue weighted by molar-refractivity contribution is -0.0328. The molecule has 2 heterocycles. The van der Waals surface area contributed by atoms with E-state index in [0.717, 1.165) is 0 Å². The van der Waals surface area contributed by atoms with E-state index in [1.165, 1.54) is 0 Å². The van der Waals surface area contributed by atoms with Crippen molar-refractivity contribution in [3.05, 3.63) is 24.2 Å². The maximum absolute atomic E-state index is 12.1. The van der Waals surface area contributed by atoms with Crippen LogP contribution in [0.25, 0.3) is 11.2 Å². The molecule has 2 rings (SSSR count). The molecule has 0 unspecified atom stereocenters. The van der Waals surface area contributed by atoms with Crippen LogP contribution in [0.1, 0.15) is 5.82 Å². The van der Waals surface area contributed by atoms with E-state index in [-0.39, 0.29) is 24.1 Å². The second-order valence-electron chi connectivity index (χ2n) is 3.76. The molecule has 0 aromatic carbocycles. The average Bonchev–Trinajstić information content (AvgIpc) is 2.67. The topological polar surface area (TPSA) is 30.7 Å². The number of pyridine rings is 1. The Hall–Kier alpha value is -0.950. The van der Waals surface area contributed by atoms with E-state index in [9.17, 15) is 13.2 Å². The van der Waals surface area contributed by atoms with Gasteiger partial charge in [-0.15, -0.1) is 11.6 Å². The largest absolute Gasteiger partial charge is 0.441 e. The molecule has 0 atom stereocenters. The molecule has 2 aromatic heterocycles. The standard InChI is InChI=1S/C11H11ClF3N3S/c12-4-3-9-17-8-2-1-5-16-10(8)18(9)6-7-19-11(13,14)15/h1-2,5H,3-4,6-7H2. The Balaban J connectivity index is 2.21. The molecule has 0 amide bonds. The third kappa shape index (κ3) is 3.76. The number of aromatic nitrogens is 3. The minimum atomic E-state index is -4.21. The number of thioether (sulfide) groups is 1. The van der Waals surface area contributed by atoms with Gasteiger partial charge < -0.3 is 4.57 Å². The number of alkyl halides is 4. The molecule has 19 heavy (non-hydrogen) atoms. The number of halogens is 4. The Morgan fingerprint density at radius 2 is 2.16 bits per heavy atom. The third-order valence-corrected chi connectivity index (χ3v) is 3.38. The number of hydrogen-bond acceptors (Lipinski definition) is 3. The van der Waals surface area contributed by atoms with Crippen molar-refractivity contribution in [2.24, 2.45) is 0 Å². The summed E-state index contributed by atoms with van der Waals surface area (Å²) in [7, 11) is 0. The summed E-state index contributed by atoms with van der Waals surface area (Å²) in [5.74, 6) is 0.975. The van der Waals surface area contributed by atoms with Crippen LogP contribution in [-0.4, -0.2) is 31.7 Å². The van der Waals surface area contributed by atoms with Crippen LogP contribution in [0.2, 0.25) is 0 Å². The van der Waals surface area contributed by atoms with E-state index >= 15 is 0 Å². The molecule has 0 saturated carbocycles. The molecule has 0 fully saturated rings. The maximum atomic E-state index is 12.1. The van der Waals surface area contributed by atoms with E-state index in [4.69, 9.17) is 11.6 Å². The Labute approximate surface area is 117 Å². The lowest BCUT2D eigenvalue weighted by Crippen LogP contribution is -2.10. The normalized spacial score (nSPS) is 12.2. The van der Waals surface area contributed by atoms with Crippen molar-refractivity contribution in [3.8, 4) is 0 Å². The first-order valence-corrected chi connectivity index (χ1v) is 7.10. The minimum Gasteiger partial charge on any atom is -0.312 e. The van der Waals surface area contributed by atoms with Gasteiger partial charge in [0.1, 0.15) is 11.3 Å². The van der Waals surface area contributed by atoms with E-state index in [2.05, 4.69) is 9.97 Å². The van der Waals surface area contributed by atoms with Crippen molar-refractivity contribution in [1.82, 2.24) is 14.5 Å². The summed E-state index contributed by atoms with van der Waals surface area (Å²) in [6.45, 7) is 0.212. The van der Waals surface area contributed by atoms with Crippen LogP contribution >= 0.6 is 23.4 Å². The van der Waals surface area contributed by atoms with Gasteiger partial charge in [-0.3, -0.25) is 0 Å². The van der Waals surface area contributed by atoms with Gasteiger partial charge >= 0.3 is 5.51 Å². The monoisotopic (exact) mass is 309 g/mol. The molecule has 104 valence electrons. The van der Waals surface area contributed by atoms with Crippen molar-refractivity contribution in [3.63, 3.8) is 0 Å². The Bertz CT molecular complexity index is 556. The van der Waals surface area contributed by atoms with Gasteiger partial charge in [0.05, 0.1) is 0 Å². The highest BCUT2D eigenvalue weighted by molar-refractivity contribution is 8.00. The van der Waals surface area contributed by atoms with Crippen molar-refractivity contribution < 1.29 is 13.2 Å². The highest BCUT2D eigenvalue weighted by Crippen LogP contribution is 2.30. The van der Waals surface area contributed by atoms with E-state index < -0.39 is 5.51 Å². The zero-order valence-electron chi connectivity index (χ0n) is 9.82. The molecule has 0 radical (unpaired) electrons. The summed E-state index contributed by atoms with van der Waals surface area (Å²) in [5, 5.41) is 0. The number of imidazole rings is 1. The summed E-state index contributed by atoms with van der Waals surface area (Å²) in [6, 6.07) is 3.53. The molecule has 0 spiro atoms. The SMILES string of the molecule is FC(F)(F)SCCn1c(CCCl)nc2cccnc21. The van der Waals surface area contributed by atoms with Crippen LogP contribution in [-0.2, 0) is 13.0 Å². The van der Waals surface area contributed by atoms with Gasteiger partial charge in [0.25, 0.3) is 0 Å². The molecular formula is C11H11ClF3N3S. The van der Waals surface area contributed by atoms with E-state index in [0.29, 0.717) is 29.3 Å². The van der Waals surface area contributed by atoms with Gasteiger partial charge in [-0.1, -0.05) is 0 Å². The fraction of sp³-hybridized carbons (Fsp3) is 0.455. The second kappa shape index (κ2) is 6.00. The predicted octanol–water partition coefficient (Wildman–Crippen LogP) is 3.47. The smallest absolute Gasteiger partial charge is 0.312 e. The van der Waals surface area contributed by atoms with Gasteiger partial charge in [-0.05, 0) is 23.9 Å². The molecular weight excluding hydrogens is 299 g/mol. The number of nitrogens with zero attached hydrogens (tertiary/aromatic N) is 3. The number of aryl methyl sites for hydroxylation is 2. The summed E-state index contributed by atoms with van der Waals surface area (Å²) in [6.07, 6.45) is 2.11. The molecule has 0 aliphatic carbocycles. The lowest BCUT2D eigenvalue weighted by Gasteiger charge is -2.09. The zero-order chi connectivity index (χ0) is 13.9. The van der Waals surface area contributed by atoms with Crippen molar-refractivity contribution in [1.29, 1.82) is 0 Å². The summed E-state index contributed by atoms with van der Waals surface area (Å²) >= 11 is 5.64. The van der Waals surface area contributed by atoms with Crippen molar-refractivity contribution in [2.45, 2.75) is 18.5 Å². The first-order chi connectivity index (χ1) is 9.01. The van der Waals surface area contributed by atoms with Crippen LogP contribution < -0.4 is 0 Å². The Morgan fingerprint density at radius 1 is 1.37 bits per heavy atom. The molecule has 0 saturated heterocycles. The highest BCUT2D eigenvalue weighted by Gasteiger charge is 2.27. The van der Waals surface area contributed by atoms with Crippen molar-refractivity contribution >= 4 is 34.5 Å². The number of fused-ring (bicyclic) bond motifs is 1.